The molecule has 3 aromatic rings. The van der Waals surface area contributed by atoms with E-state index in [0.717, 1.165) is 37.6 Å². The zero-order valence-corrected chi connectivity index (χ0v) is 21.7. The summed E-state index contributed by atoms with van der Waals surface area (Å²) in [6.07, 6.45) is 2.20. The van der Waals surface area contributed by atoms with Crippen molar-refractivity contribution < 1.29 is 18.7 Å². The van der Waals surface area contributed by atoms with Crippen LogP contribution in [-0.2, 0) is 10.4 Å². The van der Waals surface area contributed by atoms with Gasteiger partial charge in [0.1, 0.15) is 11.6 Å². The molecule has 3 aromatic carbocycles. The second-order valence-electron chi connectivity index (χ2n) is 9.19. The van der Waals surface area contributed by atoms with Crippen molar-refractivity contribution in [2.75, 3.05) is 25.0 Å². The number of nitrogens with zero attached hydrogens (tertiary/aromatic N) is 2. The molecule has 1 amide bonds. The average Bonchev–Trinajstić information content (AvgIpc) is 2.85. The molecule has 0 radical (unpaired) electrons. The molecule has 1 aliphatic heterocycles. The highest BCUT2D eigenvalue weighted by Gasteiger charge is 2.32. The van der Waals surface area contributed by atoms with Gasteiger partial charge in [0, 0.05) is 36.8 Å². The zero-order chi connectivity index (χ0) is 26.3. The van der Waals surface area contributed by atoms with Crippen LogP contribution >= 0.6 is 11.6 Å². The maximum absolute atomic E-state index is 13.5. The molecule has 192 valence electrons. The number of likely N-dealkylation sites (tertiary alicyclic amines) is 1. The number of halogens is 3. The van der Waals surface area contributed by atoms with Gasteiger partial charge >= 0.3 is 0 Å². The minimum atomic E-state index is -0.659. The van der Waals surface area contributed by atoms with E-state index in [1.165, 1.54) is 24.0 Å². The van der Waals surface area contributed by atoms with Crippen LogP contribution in [0.5, 0.6) is 0 Å². The summed E-state index contributed by atoms with van der Waals surface area (Å²) in [4.78, 5) is 15.9. The third-order valence-electron chi connectivity index (χ3n) is 6.54. The lowest BCUT2D eigenvalue weighted by Crippen LogP contribution is -2.40. The predicted molar refractivity (Wildman–Crippen MR) is 141 cm³/mol. The molecule has 1 heterocycles. The summed E-state index contributed by atoms with van der Waals surface area (Å²) in [6, 6.07) is 19.6. The van der Waals surface area contributed by atoms with E-state index < -0.39 is 23.3 Å². The van der Waals surface area contributed by atoms with Gasteiger partial charge in [-0.15, -0.1) is 0 Å². The topological polar surface area (TPSA) is 43.8 Å². The van der Waals surface area contributed by atoms with Gasteiger partial charge in [0.15, 0.2) is 0 Å². The molecule has 0 saturated carbocycles. The van der Waals surface area contributed by atoms with Gasteiger partial charge in [-0.1, -0.05) is 48.9 Å². The van der Waals surface area contributed by atoms with Crippen LogP contribution in [-0.4, -0.2) is 36.1 Å². The fourth-order valence-corrected chi connectivity index (χ4v) is 4.67. The van der Waals surface area contributed by atoms with Gasteiger partial charge in [-0.05, 0) is 73.8 Å². The Morgan fingerprint density at radius 1 is 1.03 bits per heavy atom. The molecular formula is C29H33ClF2N2O2. The van der Waals surface area contributed by atoms with E-state index >= 15 is 0 Å². The summed E-state index contributed by atoms with van der Waals surface area (Å²) >= 11 is 5.87. The minimum absolute atomic E-state index is 0.209. The van der Waals surface area contributed by atoms with E-state index in [1.807, 2.05) is 37.3 Å². The first-order valence-electron chi connectivity index (χ1n) is 12.1. The first-order valence-corrected chi connectivity index (χ1v) is 12.5. The van der Waals surface area contributed by atoms with E-state index in [9.17, 15) is 18.7 Å². The second-order valence-corrected chi connectivity index (χ2v) is 9.63. The molecule has 4 rings (SSSR count). The number of aliphatic hydroxyl groups is 1. The number of anilines is 1. The standard InChI is InChI=1S/C17H16ClF2NO.C12H17NO/c1-3-17(12-8-14(19)10-15(20)9-12)21(11(2)22)16-6-4-13(18)5-7-16;1-13-9-7-12(14,8-10-13)11-5-3-2-4-6-11/h4-10,17H,3H2,1-2H3;2-6,14H,7-10H2,1H3/t17-;/m1./s1. The Kier molecular flexibility index (Phi) is 9.60. The van der Waals surface area contributed by atoms with Crippen LogP contribution in [0.2, 0.25) is 5.02 Å². The van der Waals surface area contributed by atoms with E-state index in [0.29, 0.717) is 22.7 Å². The number of benzene rings is 3. The van der Waals surface area contributed by atoms with Crippen molar-refractivity contribution in [2.24, 2.45) is 0 Å². The molecule has 0 bridgehead atoms. The van der Waals surface area contributed by atoms with Crippen LogP contribution in [0, 0.1) is 11.6 Å². The van der Waals surface area contributed by atoms with E-state index in [-0.39, 0.29) is 5.91 Å². The van der Waals surface area contributed by atoms with Crippen LogP contribution in [0.3, 0.4) is 0 Å². The van der Waals surface area contributed by atoms with Crippen LogP contribution < -0.4 is 4.90 Å². The third kappa shape index (κ3) is 7.12. The van der Waals surface area contributed by atoms with Gasteiger partial charge in [-0.25, -0.2) is 8.78 Å². The Bertz CT molecular complexity index is 1110. The van der Waals surface area contributed by atoms with Crippen LogP contribution in [0.4, 0.5) is 14.5 Å². The molecule has 1 aliphatic rings. The molecule has 0 aliphatic carbocycles. The lowest BCUT2D eigenvalue weighted by molar-refractivity contribution is -0.117. The number of hydrogen-bond donors (Lipinski definition) is 1. The summed E-state index contributed by atoms with van der Waals surface area (Å²) in [5, 5.41) is 11.0. The molecule has 1 atom stereocenters. The van der Waals surface area contributed by atoms with E-state index in [4.69, 9.17) is 11.6 Å². The van der Waals surface area contributed by atoms with Crippen LogP contribution in [0.25, 0.3) is 0 Å². The summed E-state index contributed by atoms with van der Waals surface area (Å²) in [5.41, 5.74) is 1.53. The van der Waals surface area contributed by atoms with Crippen molar-refractivity contribution >= 4 is 23.2 Å². The highest BCUT2D eigenvalue weighted by atomic mass is 35.5. The van der Waals surface area contributed by atoms with Crippen molar-refractivity contribution in [3.05, 3.63) is 101 Å². The monoisotopic (exact) mass is 514 g/mol. The molecule has 1 N–H and O–H groups in total. The molecule has 0 spiro atoms. The second kappa shape index (κ2) is 12.4. The first kappa shape index (κ1) is 27.8. The van der Waals surface area contributed by atoms with Gasteiger partial charge in [0.2, 0.25) is 5.91 Å². The fourth-order valence-electron chi connectivity index (χ4n) is 4.54. The third-order valence-corrected chi connectivity index (χ3v) is 6.79. The number of hydrogen-bond acceptors (Lipinski definition) is 3. The number of piperidine rings is 1. The molecule has 7 heteroatoms. The molecule has 36 heavy (non-hydrogen) atoms. The summed E-state index contributed by atoms with van der Waals surface area (Å²) in [7, 11) is 2.10. The lowest BCUT2D eigenvalue weighted by atomic mass is 9.85. The molecule has 1 saturated heterocycles. The smallest absolute Gasteiger partial charge is 0.224 e. The maximum Gasteiger partial charge on any atom is 0.224 e. The maximum atomic E-state index is 13.5. The highest BCUT2D eigenvalue weighted by molar-refractivity contribution is 6.30. The molecule has 0 unspecified atom stereocenters. The Morgan fingerprint density at radius 3 is 2.08 bits per heavy atom. The number of carbonyl (C=O) groups is 1. The minimum Gasteiger partial charge on any atom is -0.385 e. The fraction of sp³-hybridized carbons (Fsp3) is 0.345. The van der Waals surface area contributed by atoms with Crippen molar-refractivity contribution in [2.45, 2.75) is 44.8 Å². The normalized spacial score (nSPS) is 16.0. The molecule has 1 fully saturated rings. The van der Waals surface area contributed by atoms with Gasteiger partial charge in [0.05, 0.1) is 11.6 Å². The largest absolute Gasteiger partial charge is 0.385 e. The summed E-state index contributed by atoms with van der Waals surface area (Å²) < 4.78 is 27.0. The summed E-state index contributed by atoms with van der Waals surface area (Å²) in [6.45, 7) is 5.24. The quantitative estimate of drug-likeness (QED) is 0.411. The van der Waals surface area contributed by atoms with Gasteiger partial charge in [-0.3, -0.25) is 4.79 Å². The van der Waals surface area contributed by atoms with E-state index in [2.05, 4.69) is 11.9 Å². The molecule has 4 nitrogen and oxygen atoms in total. The summed E-state index contributed by atoms with van der Waals surface area (Å²) in [5.74, 6) is -1.53. The Labute approximate surface area is 217 Å². The molecule has 0 aromatic heterocycles. The van der Waals surface area contributed by atoms with Crippen molar-refractivity contribution in [3.8, 4) is 0 Å². The Hall–Kier alpha value is -2.80. The first-order chi connectivity index (χ1) is 17.1. The van der Waals surface area contributed by atoms with Crippen molar-refractivity contribution in [1.29, 1.82) is 0 Å². The van der Waals surface area contributed by atoms with Gasteiger partial charge < -0.3 is 14.9 Å². The van der Waals surface area contributed by atoms with Gasteiger partial charge in [-0.2, -0.15) is 0 Å². The van der Waals surface area contributed by atoms with E-state index in [1.54, 1.807) is 24.3 Å². The lowest BCUT2D eigenvalue weighted by Gasteiger charge is -2.36. The van der Waals surface area contributed by atoms with Crippen LogP contribution in [0.15, 0.2) is 72.8 Å². The molecular weight excluding hydrogens is 482 g/mol. The Morgan fingerprint density at radius 2 is 1.58 bits per heavy atom. The Balaban J connectivity index is 0.000000221. The number of carbonyl (C=O) groups excluding carboxylic acids is 1. The van der Waals surface area contributed by atoms with Crippen molar-refractivity contribution in [3.63, 3.8) is 0 Å². The number of amides is 1. The predicted octanol–water partition coefficient (Wildman–Crippen LogP) is 6.72. The van der Waals surface area contributed by atoms with Gasteiger partial charge in [0.25, 0.3) is 0 Å². The SMILES string of the molecule is CC[C@H](c1cc(F)cc(F)c1)N(C(C)=O)c1ccc(Cl)cc1.CN1CCC(O)(c2ccccc2)CC1. The number of rotatable bonds is 5. The van der Waals surface area contributed by atoms with Crippen LogP contribution in [0.1, 0.15) is 50.3 Å². The average molecular weight is 515 g/mol. The van der Waals surface area contributed by atoms with Crippen molar-refractivity contribution in [1.82, 2.24) is 4.90 Å². The zero-order valence-electron chi connectivity index (χ0n) is 20.9. The highest BCUT2D eigenvalue weighted by Crippen LogP contribution is 2.33.